The van der Waals surface area contributed by atoms with E-state index in [4.69, 9.17) is 5.41 Å². The Morgan fingerprint density at radius 3 is 2.37 bits per heavy atom. The van der Waals surface area contributed by atoms with E-state index in [-0.39, 0.29) is 29.0 Å². The van der Waals surface area contributed by atoms with Crippen molar-refractivity contribution in [1.82, 2.24) is 4.90 Å². The summed E-state index contributed by atoms with van der Waals surface area (Å²) in [7, 11) is 0. The number of allylic oxidation sites excluding steroid dienone is 3. The molecular weight excluding hydrogens is 537 g/mol. The van der Waals surface area contributed by atoms with Crippen LogP contribution in [0, 0.1) is 16.7 Å². The lowest BCUT2D eigenvalue weighted by atomic mass is 9.75. The van der Waals surface area contributed by atoms with Gasteiger partial charge in [0.1, 0.15) is 0 Å². The van der Waals surface area contributed by atoms with Gasteiger partial charge in [-0.2, -0.15) is 13.2 Å². The van der Waals surface area contributed by atoms with Crippen LogP contribution in [-0.4, -0.2) is 35.8 Å². The summed E-state index contributed by atoms with van der Waals surface area (Å²) < 4.78 is 65.7. The van der Waals surface area contributed by atoms with Gasteiger partial charge in [-0.05, 0) is 74.4 Å². The van der Waals surface area contributed by atoms with Gasteiger partial charge in [0, 0.05) is 65.6 Å². The first-order chi connectivity index (χ1) is 19.2. The summed E-state index contributed by atoms with van der Waals surface area (Å²) in [6, 6.07) is 11.0. The van der Waals surface area contributed by atoms with Crippen LogP contribution in [0.3, 0.4) is 0 Å². The Bertz CT molecular complexity index is 1460. The highest BCUT2D eigenvalue weighted by molar-refractivity contribution is 6.05. The van der Waals surface area contributed by atoms with Crippen LogP contribution in [0.15, 0.2) is 71.5 Å². The molecule has 0 radical (unpaired) electrons. The molecule has 2 aromatic rings. The second kappa shape index (κ2) is 10.6. The Morgan fingerprint density at radius 1 is 1.10 bits per heavy atom. The van der Waals surface area contributed by atoms with Crippen molar-refractivity contribution in [2.45, 2.75) is 58.1 Å². The second-order valence-electron chi connectivity index (χ2n) is 11.4. The average molecular weight is 570 g/mol. The first kappa shape index (κ1) is 28.8. The van der Waals surface area contributed by atoms with Crippen molar-refractivity contribution >= 4 is 23.0 Å². The molecule has 41 heavy (non-hydrogen) atoms. The highest BCUT2D eigenvalue weighted by Gasteiger charge is 2.44. The lowest BCUT2D eigenvalue weighted by Gasteiger charge is -2.37. The van der Waals surface area contributed by atoms with E-state index >= 15 is 0 Å². The number of carbonyl (C=O) groups is 1. The SMILES string of the molecule is CC(=N)c1cc(C(=O)N2CCC(C3(CCC4=C=C(C(F)(F)F)C4)C=C3)CC2)ccc1Nc1cccc(C(C)(F)F)c1. The maximum atomic E-state index is 13.8. The van der Waals surface area contributed by atoms with E-state index in [2.05, 4.69) is 23.2 Å². The summed E-state index contributed by atoms with van der Waals surface area (Å²) >= 11 is 0. The van der Waals surface area contributed by atoms with Crippen molar-refractivity contribution in [3.05, 3.63) is 88.2 Å². The number of anilines is 2. The molecule has 0 unspecified atom stereocenters. The van der Waals surface area contributed by atoms with Gasteiger partial charge in [0.2, 0.25) is 0 Å². The number of hydrogen-bond acceptors (Lipinski definition) is 3. The normalized spacial score (nSPS) is 18.4. The molecule has 1 saturated heterocycles. The minimum Gasteiger partial charge on any atom is -0.355 e. The fraction of sp³-hybridized carbons (Fsp3) is 0.406. The molecule has 0 spiro atoms. The number of alkyl halides is 5. The van der Waals surface area contributed by atoms with E-state index in [1.54, 1.807) is 42.2 Å². The first-order valence-corrected chi connectivity index (χ1v) is 13.7. The third kappa shape index (κ3) is 6.30. The van der Waals surface area contributed by atoms with Gasteiger partial charge in [-0.1, -0.05) is 24.3 Å². The molecule has 0 saturated carbocycles. The van der Waals surface area contributed by atoms with Crippen molar-refractivity contribution in [2.24, 2.45) is 11.3 Å². The molecule has 1 aliphatic heterocycles. The summed E-state index contributed by atoms with van der Waals surface area (Å²) in [5, 5.41) is 11.4. The maximum absolute atomic E-state index is 13.8. The number of halogens is 5. The zero-order valence-electron chi connectivity index (χ0n) is 23.0. The largest absolute Gasteiger partial charge is 0.420 e. The fourth-order valence-electron chi connectivity index (χ4n) is 5.77. The van der Waals surface area contributed by atoms with Crippen molar-refractivity contribution in [1.29, 1.82) is 5.41 Å². The predicted octanol–water partition coefficient (Wildman–Crippen LogP) is 8.54. The van der Waals surface area contributed by atoms with Gasteiger partial charge in [0.25, 0.3) is 11.8 Å². The maximum Gasteiger partial charge on any atom is 0.420 e. The Hall–Kier alpha value is -3.71. The van der Waals surface area contributed by atoms with Crippen LogP contribution in [0.4, 0.5) is 33.3 Å². The van der Waals surface area contributed by atoms with Gasteiger partial charge in [-0.3, -0.25) is 4.79 Å². The molecule has 2 aromatic carbocycles. The number of likely N-dealkylation sites (tertiary alicyclic amines) is 1. The smallest absolute Gasteiger partial charge is 0.355 e. The monoisotopic (exact) mass is 569 g/mol. The molecule has 216 valence electrons. The highest BCUT2D eigenvalue weighted by Crippen LogP contribution is 2.52. The summed E-state index contributed by atoms with van der Waals surface area (Å²) in [5.41, 5.74) is 4.63. The quantitative estimate of drug-likeness (QED) is 0.138. The fourth-order valence-corrected chi connectivity index (χ4v) is 5.77. The van der Waals surface area contributed by atoms with E-state index in [9.17, 15) is 26.7 Å². The Labute approximate surface area is 236 Å². The van der Waals surface area contributed by atoms with E-state index in [1.807, 2.05) is 0 Å². The first-order valence-electron chi connectivity index (χ1n) is 13.7. The Morgan fingerprint density at radius 2 is 1.78 bits per heavy atom. The molecule has 9 heteroatoms. The molecule has 2 aliphatic carbocycles. The number of carbonyl (C=O) groups excluding carboxylic acids is 1. The van der Waals surface area contributed by atoms with Gasteiger partial charge >= 0.3 is 6.18 Å². The molecule has 0 aromatic heterocycles. The Kier molecular flexibility index (Phi) is 7.45. The minimum atomic E-state index is -4.28. The second-order valence-corrected chi connectivity index (χ2v) is 11.4. The lowest BCUT2D eigenvalue weighted by molar-refractivity contribution is -0.0944. The Balaban J connectivity index is 1.21. The van der Waals surface area contributed by atoms with Crippen molar-refractivity contribution < 1.29 is 26.7 Å². The third-order valence-electron chi connectivity index (χ3n) is 8.38. The van der Waals surface area contributed by atoms with E-state index in [0.717, 1.165) is 31.8 Å². The summed E-state index contributed by atoms with van der Waals surface area (Å²) in [4.78, 5) is 15.2. The molecule has 1 fully saturated rings. The average Bonchev–Trinajstić information content (AvgIpc) is 3.67. The number of amides is 1. The zero-order valence-corrected chi connectivity index (χ0v) is 23.0. The minimum absolute atomic E-state index is 0.0287. The van der Waals surface area contributed by atoms with Gasteiger partial charge < -0.3 is 15.6 Å². The molecule has 1 amide bonds. The highest BCUT2D eigenvalue weighted by atomic mass is 19.4. The molecule has 0 bridgehead atoms. The number of hydrogen-bond donors (Lipinski definition) is 2. The van der Waals surface area contributed by atoms with Crippen molar-refractivity contribution in [2.75, 3.05) is 18.4 Å². The number of nitrogens with zero attached hydrogens (tertiary/aromatic N) is 1. The molecule has 2 N–H and O–H groups in total. The van der Waals surface area contributed by atoms with Gasteiger partial charge in [0.05, 0.1) is 5.57 Å². The van der Waals surface area contributed by atoms with Crippen molar-refractivity contribution in [3.8, 4) is 0 Å². The number of benzene rings is 2. The van der Waals surface area contributed by atoms with Crippen LogP contribution in [-0.2, 0) is 5.92 Å². The molecule has 0 atom stereocenters. The van der Waals surface area contributed by atoms with Crippen LogP contribution < -0.4 is 5.32 Å². The van der Waals surface area contributed by atoms with E-state index in [0.29, 0.717) is 47.9 Å². The molecule has 3 aliphatic rings. The third-order valence-corrected chi connectivity index (χ3v) is 8.38. The molecule has 1 heterocycles. The standard InChI is InChI=1S/C32H32F5N3O/c1-20(38)27-18-22(6-7-28(27)39-26-5-3-4-24(19-26)30(2,33)34)29(41)40-14-9-23(10-15-40)31(12-13-31)11-8-21-16-25(17-21)32(35,36)37/h3-7,12-13,18-19,23,38-39H,8-11,14-16H2,1-2H3. The molecule has 5 rings (SSSR count). The molecular formula is C32H32F5N3O. The van der Waals surface area contributed by atoms with Gasteiger partial charge in [-0.15, -0.1) is 5.73 Å². The van der Waals surface area contributed by atoms with Crippen molar-refractivity contribution in [3.63, 3.8) is 0 Å². The summed E-state index contributed by atoms with van der Waals surface area (Å²) in [5.74, 6) is -2.77. The van der Waals surface area contributed by atoms with Crippen LogP contribution in [0.2, 0.25) is 0 Å². The number of piperidine rings is 1. The zero-order chi connectivity index (χ0) is 29.6. The van der Waals surface area contributed by atoms with E-state index < -0.39 is 17.7 Å². The summed E-state index contributed by atoms with van der Waals surface area (Å²) in [6.45, 7) is 3.60. The van der Waals surface area contributed by atoms with Crippen LogP contribution >= 0.6 is 0 Å². The van der Waals surface area contributed by atoms with Crippen LogP contribution in [0.25, 0.3) is 0 Å². The number of rotatable bonds is 9. The summed E-state index contributed by atoms with van der Waals surface area (Å²) in [6.07, 6.45) is 2.95. The van der Waals surface area contributed by atoms with E-state index in [1.165, 1.54) is 12.1 Å². The predicted molar refractivity (Wildman–Crippen MR) is 149 cm³/mol. The van der Waals surface area contributed by atoms with Crippen LogP contribution in [0.1, 0.15) is 67.4 Å². The number of nitrogens with one attached hydrogen (secondary N) is 2. The van der Waals surface area contributed by atoms with Crippen LogP contribution in [0.5, 0.6) is 0 Å². The van der Waals surface area contributed by atoms with Gasteiger partial charge in [0.15, 0.2) is 0 Å². The lowest BCUT2D eigenvalue weighted by Crippen LogP contribution is -2.41. The topological polar surface area (TPSA) is 56.2 Å². The van der Waals surface area contributed by atoms with Gasteiger partial charge in [-0.25, -0.2) is 8.78 Å². The molecule has 4 nitrogen and oxygen atoms in total.